The van der Waals surface area contributed by atoms with Gasteiger partial charge in [0.05, 0.1) is 11.4 Å². The molecular weight excluding hydrogens is 816 g/mol. The Morgan fingerprint density at radius 3 is 1.67 bits per heavy atom. The van der Waals surface area contributed by atoms with Crippen LogP contribution in [0.5, 0.6) is 0 Å². The summed E-state index contributed by atoms with van der Waals surface area (Å²) in [4.78, 5) is 5.38. The number of thiophene rings is 1. The van der Waals surface area contributed by atoms with E-state index in [4.69, 9.17) is 0 Å². The topological polar surface area (TPSA) is 6.48 Å². The standard InChI is InChI=1S/C62H71BN2S/c1-57(2,3)39-23-21-38(22-24-39)45-33-40(58(4,5)6)26-30-49(45)65-50-34-41(59(7,8)9)25-29-48(50)63-54-51(35-42(36-52(54)65)60(10,11)12)64(55-44-19-17-18-20-53(44)66-56(55)63)43-27-28-46-47(37-43)62(15,16)32-31-61(46,13)14/h17-30,33-37H,31-32H2,1-16H3. The van der Waals surface area contributed by atoms with E-state index in [0.717, 1.165) is 0 Å². The summed E-state index contributed by atoms with van der Waals surface area (Å²) < 4.78 is 2.77. The second-order valence-electron chi connectivity index (χ2n) is 25.4. The molecule has 0 saturated carbocycles. The number of rotatable bonds is 3. The molecule has 0 unspecified atom stereocenters. The highest BCUT2D eigenvalue weighted by atomic mass is 32.1. The first-order chi connectivity index (χ1) is 30.7. The lowest BCUT2D eigenvalue weighted by atomic mass is 9.36. The van der Waals surface area contributed by atoms with Gasteiger partial charge in [0, 0.05) is 43.2 Å². The van der Waals surface area contributed by atoms with Crippen LogP contribution in [0.3, 0.4) is 0 Å². The van der Waals surface area contributed by atoms with Crippen LogP contribution >= 0.6 is 11.3 Å². The molecule has 0 spiro atoms. The van der Waals surface area contributed by atoms with Gasteiger partial charge >= 0.3 is 0 Å². The first kappa shape index (κ1) is 44.8. The van der Waals surface area contributed by atoms with Crippen LogP contribution in [0.15, 0.2) is 115 Å². The lowest BCUT2D eigenvalue weighted by molar-refractivity contribution is 0.332. The van der Waals surface area contributed by atoms with Crippen LogP contribution in [-0.4, -0.2) is 6.71 Å². The average Bonchev–Trinajstić information content (AvgIpc) is 3.62. The van der Waals surface area contributed by atoms with Gasteiger partial charge in [-0.25, -0.2) is 0 Å². The van der Waals surface area contributed by atoms with Gasteiger partial charge in [-0.1, -0.05) is 178 Å². The molecule has 0 fully saturated rings. The maximum Gasteiger partial charge on any atom is 0.264 e. The minimum absolute atomic E-state index is 0.0228. The molecule has 0 bridgehead atoms. The number of nitrogens with zero attached hydrogens (tertiary/aromatic N) is 2. The number of benzene rings is 6. The molecule has 338 valence electrons. The Morgan fingerprint density at radius 1 is 0.485 bits per heavy atom. The molecule has 10 rings (SSSR count). The molecule has 66 heavy (non-hydrogen) atoms. The quantitative estimate of drug-likeness (QED) is 0.163. The Hall–Kier alpha value is -5.06. The smallest absolute Gasteiger partial charge is 0.264 e. The Kier molecular flexibility index (Phi) is 9.98. The van der Waals surface area contributed by atoms with Gasteiger partial charge in [0.2, 0.25) is 0 Å². The van der Waals surface area contributed by atoms with E-state index in [1.54, 1.807) is 0 Å². The van der Waals surface area contributed by atoms with Crippen molar-refractivity contribution < 1.29 is 0 Å². The van der Waals surface area contributed by atoms with Crippen LogP contribution in [-0.2, 0) is 32.5 Å². The predicted octanol–water partition coefficient (Wildman–Crippen LogP) is 16.2. The zero-order valence-corrected chi connectivity index (χ0v) is 43.6. The molecule has 3 aliphatic rings. The van der Waals surface area contributed by atoms with Crippen LogP contribution in [0.4, 0.5) is 34.1 Å². The maximum absolute atomic E-state index is 2.69. The Morgan fingerprint density at radius 2 is 1.03 bits per heavy atom. The number of hydrogen-bond donors (Lipinski definition) is 0. The van der Waals surface area contributed by atoms with Crippen molar-refractivity contribution in [1.82, 2.24) is 0 Å². The van der Waals surface area contributed by atoms with Gasteiger partial charge in [0.15, 0.2) is 0 Å². The van der Waals surface area contributed by atoms with Crippen molar-refractivity contribution in [2.75, 3.05) is 9.80 Å². The molecule has 6 aromatic carbocycles. The van der Waals surface area contributed by atoms with E-state index in [1.807, 2.05) is 11.3 Å². The molecule has 1 aliphatic carbocycles. The van der Waals surface area contributed by atoms with Crippen molar-refractivity contribution >= 4 is 78.0 Å². The van der Waals surface area contributed by atoms with Gasteiger partial charge in [-0.3, -0.25) is 0 Å². The summed E-state index contributed by atoms with van der Waals surface area (Å²) in [6, 6.07) is 46.0. The Bertz CT molecular complexity index is 3080. The molecule has 0 saturated heterocycles. The molecule has 7 aromatic rings. The third-order valence-corrected chi connectivity index (χ3v) is 16.8. The first-order valence-electron chi connectivity index (χ1n) is 24.6. The third kappa shape index (κ3) is 7.19. The van der Waals surface area contributed by atoms with Crippen molar-refractivity contribution in [2.24, 2.45) is 0 Å². The molecule has 0 atom stereocenters. The maximum atomic E-state index is 2.69. The fraction of sp³-hybridized carbons (Fsp3) is 0.387. The summed E-state index contributed by atoms with van der Waals surface area (Å²) in [5, 5.41) is 1.33. The lowest BCUT2D eigenvalue weighted by Crippen LogP contribution is -2.60. The minimum Gasteiger partial charge on any atom is -0.311 e. The number of hydrogen-bond acceptors (Lipinski definition) is 3. The van der Waals surface area contributed by atoms with Crippen LogP contribution in [0.2, 0.25) is 0 Å². The summed E-state index contributed by atoms with van der Waals surface area (Å²) in [6.07, 6.45) is 2.38. The highest BCUT2D eigenvalue weighted by molar-refractivity contribution is 7.33. The predicted molar refractivity (Wildman–Crippen MR) is 291 cm³/mol. The van der Waals surface area contributed by atoms with E-state index in [0.29, 0.717) is 0 Å². The summed E-state index contributed by atoms with van der Waals surface area (Å²) in [5.41, 5.74) is 21.4. The number of fused-ring (bicyclic) bond motifs is 7. The Balaban J connectivity index is 1.34. The molecule has 0 N–H and O–H groups in total. The van der Waals surface area contributed by atoms with E-state index in [1.165, 1.54) is 117 Å². The summed E-state index contributed by atoms with van der Waals surface area (Å²) in [5.74, 6) is 0. The van der Waals surface area contributed by atoms with E-state index in [2.05, 4.69) is 236 Å². The monoisotopic (exact) mass is 887 g/mol. The summed E-state index contributed by atoms with van der Waals surface area (Å²) >= 11 is 1.99. The van der Waals surface area contributed by atoms with Crippen LogP contribution in [0, 0.1) is 0 Å². The van der Waals surface area contributed by atoms with Gasteiger partial charge in [-0.05, 0) is 144 Å². The van der Waals surface area contributed by atoms with Crippen molar-refractivity contribution in [3.8, 4) is 11.1 Å². The van der Waals surface area contributed by atoms with Gasteiger partial charge in [0.25, 0.3) is 6.71 Å². The highest BCUT2D eigenvalue weighted by Gasteiger charge is 2.47. The molecule has 2 aliphatic heterocycles. The van der Waals surface area contributed by atoms with Crippen LogP contribution in [0.1, 0.15) is 157 Å². The molecule has 2 nitrogen and oxygen atoms in total. The fourth-order valence-electron chi connectivity index (χ4n) is 11.1. The van der Waals surface area contributed by atoms with Crippen LogP contribution < -0.4 is 25.5 Å². The molecule has 0 amide bonds. The lowest BCUT2D eigenvalue weighted by Gasteiger charge is -2.46. The molecular formula is C62H71BN2S. The van der Waals surface area contributed by atoms with Crippen molar-refractivity contribution in [1.29, 1.82) is 0 Å². The van der Waals surface area contributed by atoms with Gasteiger partial charge in [-0.2, -0.15) is 0 Å². The van der Waals surface area contributed by atoms with Crippen LogP contribution in [0.25, 0.3) is 21.2 Å². The average molecular weight is 887 g/mol. The second kappa shape index (κ2) is 14.7. The van der Waals surface area contributed by atoms with Gasteiger partial charge < -0.3 is 9.80 Å². The van der Waals surface area contributed by atoms with Crippen molar-refractivity contribution in [2.45, 2.75) is 156 Å². The largest absolute Gasteiger partial charge is 0.311 e. The van der Waals surface area contributed by atoms with Crippen molar-refractivity contribution in [3.05, 3.63) is 149 Å². The fourth-order valence-corrected chi connectivity index (χ4v) is 12.5. The van der Waals surface area contributed by atoms with E-state index in [-0.39, 0.29) is 39.2 Å². The SMILES string of the molecule is CC(C)(C)c1ccc(-c2cc(C(C)(C)C)ccc2N2c3cc(C(C)(C)C)ccc3B3c4sc5ccccc5c4N(c4ccc5c(c4)C(C)(C)CCC5(C)C)c4cc(C(C)(C)C)cc2c43)cc1. The Labute approximate surface area is 401 Å². The molecule has 1 aromatic heterocycles. The zero-order valence-electron chi connectivity index (χ0n) is 42.8. The molecule has 4 heteroatoms. The summed E-state index contributed by atoms with van der Waals surface area (Å²) in [7, 11) is 0. The summed E-state index contributed by atoms with van der Waals surface area (Å²) in [6.45, 7) is 38.1. The van der Waals surface area contributed by atoms with E-state index in [9.17, 15) is 0 Å². The second-order valence-corrected chi connectivity index (χ2v) is 26.5. The van der Waals surface area contributed by atoms with E-state index < -0.39 is 0 Å². The highest BCUT2D eigenvalue weighted by Crippen LogP contribution is 2.53. The molecule has 0 radical (unpaired) electrons. The van der Waals surface area contributed by atoms with E-state index >= 15 is 0 Å². The third-order valence-electron chi connectivity index (χ3n) is 15.6. The number of anilines is 6. The minimum atomic E-state index is -0.119. The van der Waals surface area contributed by atoms with Gasteiger partial charge in [0.1, 0.15) is 0 Å². The first-order valence-corrected chi connectivity index (χ1v) is 25.4. The van der Waals surface area contributed by atoms with Gasteiger partial charge in [-0.15, -0.1) is 11.3 Å². The normalized spacial score (nSPS) is 16.5. The van der Waals surface area contributed by atoms with Crippen molar-refractivity contribution in [3.63, 3.8) is 0 Å². The molecule has 3 heterocycles. The zero-order chi connectivity index (χ0) is 47.3.